The summed E-state index contributed by atoms with van der Waals surface area (Å²) < 4.78 is 10.5. The van der Waals surface area contributed by atoms with Gasteiger partial charge in [0.25, 0.3) is 5.91 Å². The zero-order valence-corrected chi connectivity index (χ0v) is 16.3. The van der Waals surface area contributed by atoms with Crippen LogP contribution in [0.25, 0.3) is 0 Å². The molecule has 28 heavy (non-hydrogen) atoms. The maximum absolute atomic E-state index is 12.2. The molecule has 2 aromatic carbocycles. The highest BCUT2D eigenvalue weighted by Crippen LogP contribution is 2.14. The second-order valence-corrected chi connectivity index (χ2v) is 6.60. The average molecular weight is 385 g/mol. The summed E-state index contributed by atoms with van der Waals surface area (Å²) >= 11 is 0. The van der Waals surface area contributed by atoms with Crippen LogP contribution in [0.15, 0.2) is 54.6 Å². The third-order valence-corrected chi connectivity index (χ3v) is 4.49. The van der Waals surface area contributed by atoms with Crippen LogP contribution in [-0.4, -0.2) is 55.3 Å². The number of rotatable bonds is 11. The van der Waals surface area contributed by atoms with E-state index in [1.54, 1.807) is 36.2 Å². The summed E-state index contributed by atoms with van der Waals surface area (Å²) in [5.41, 5.74) is 2.09. The average Bonchev–Trinajstić information content (AvgIpc) is 2.71. The monoisotopic (exact) mass is 385 g/mol. The number of methoxy groups -OCH3 is 1. The Kier molecular flexibility index (Phi) is 8.49. The van der Waals surface area contributed by atoms with Crippen LogP contribution < -0.4 is 4.74 Å². The second-order valence-electron chi connectivity index (χ2n) is 6.60. The zero-order valence-electron chi connectivity index (χ0n) is 16.3. The Bertz CT molecular complexity index is 745. The van der Waals surface area contributed by atoms with Crippen molar-refractivity contribution < 1.29 is 24.2 Å². The van der Waals surface area contributed by atoms with Gasteiger partial charge >= 0.3 is 5.97 Å². The lowest BCUT2D eigenvalue weighted by atomic mass is 10.1. The van der Waals surface area contributed by atoms with Gasteiger partial charge < -0.3 is 19.5 Å². The third kappa shape index (κ3) is 7.04. The lowest BCUT2D eigenvalue weighted by molar-refractivity contribution is -0.148. The largest absolute Gasteiger partial charge is 0.484 e. The predicted octanol–water partition coefficient (Wildman–Crippen LogP) is 2.80. The van der Waals surface area contributed by atoms with Gasteiger partial charge in [-0.15, -0.1) is 0 Å². The number of aliphatic carboxylic acids is 1. The van der Waals surface area contributed by atoms with E-state index in [0.29, 0.717) is 12.3 Å². The van der Waals surface area contributed by atoms with Crippen LogP contribution >= 0.6 is 0 Å². The first-order chi connectivity index (χ1) is 13.5. The lowest BCUT2D eigenvalue weighted by Gasteiger charge is -2.17. The van der Waals surface area contributed by atoms with E-state index >= 15 is 0 Å². The molecule has 0 fully saturated rings. The molecule has 0 aliphatic carbocycles. The van der Waals surface area contributed by atoms with E-state index in [2.05, 4.69) is 12.1 Å². The maximum Gasteiger partial charge on any atom is 0.333 e. The van der Waals surface area contributed by atoms with Gasteiger partial charge in [-0.05, 0) is 36.1 Å². The highest BCUT2D eigenvalue weighted by molar-refractivity contribution is 5.77. The Hall–Kier alpha value is -2.86. The summed E-state index contributed by atoms with van der Waals surface area (Å²) in [4.78, 5) is 24.9. The van der Waals surface area contributed by atoms with E-state index < -0.39 is 12.1 Å². The molecule has 0 saturated carbocycles. The molecule has 2 aromatic rings. The molecule has 0 aromatic heterocycles. The van der Waals surface area contributed by atoms with Crippen LogP contribution in [0.4, 0.5) is 0 Å². The number of carbonyl (C=O) groups is 2. The molecule has 1 atom stereocenters. The van der Waals surface area contributed by atoms with Crippen molar-refractivity contribution in [2.75, 3.05) is 27.3 Å². The van der Waals surface area contributed by atoms with E-state index in [1.165, 1.54) is 12.7 Å². The smallest absolute Gasteiger partial charge is 0.333 e. The van der Waals surface area contributed by atoms with E-state index in [0.717, 1.165) is 18.4 Å². The summed E-state index contributed by atoms with van der Waals surface area (Å²) in [5.74, 6) is -0.509. The summed E-state index contributed by atoms with van der Waals surface area (Å²) in [6.07, 6.45) is 1.22. The second kappa shape index (κ2) is 11.1. The van der Waals surface area contributed by atoms with Gasteiger partial charge in [0.2, 0.25) is 0 Å². The number of nitrogens with zero attached hydrogens (tertiary/aromatic N) is 1. The molecule has 6 nitrogen and oxygen atoms in total. The minimum Gasteiger partial charge on any atom is -0.484 e. The van der Waals surface area contributed by atoms with E-state index in [4.69, 9.17) is 14.6 Å². The van der Waals surface area contributed by atoms with Crippen LogP contribution in [-0.2, 0) is 27.2 Å². The van der Waals surface area contributed by atoms with Gasteiger partial charge in [-0.25, -0.2) is 4.79 Å². The number of aryl methyl sites for hydroxylation is 1. The van der Waals surface area contributed by atoms with Gasteiger partial charge in [0.05, 0.1) is 0 Å². The highest BCUT2D eigenvalue weighted by atomic mass is 16.5. The Morgan fingerprint density at radius 1 is 1.04 bits per heavy atom. The van der Waals surface area contributed by atoms with E-state index in [9.17, 15) is 9.59 Å². The number of carboxylic acid groups (broad SMARTS) is 1. The van der Waals surface area contributed by atoms with Gasteiger partial charge in [-0.2, -0.15) is 0 Å². The summed E-state index contributed by atoms with van der Waals surface area (Å²) in [5, 5.41) is 9.02. The fraction of sp³-hybridized carbons (Fsp3) is 0.364. The van der Waals surface area contributed by atoms with Gasteiger partial charge in [-0.1, -0.05) is 42.5 Å². The third-order valence-electron chi connectivity index (χ3n) is 4.49. The molecule has 0 radical (unpaired) electrons. The van der Waals surface area contributed by atoms with Crippen LogP contribution in [0.1, 0.15) is 17.5 Å². The van der Waals surface area contributed by atoms with Crippen molar-refractivity contribution in [3.63, 3.8) is 0 Å². The first-order valence-corrected chi connectivity index (χ1v) is 9.25. The van der Waals surface area contributed by atoms with Crippen LogP contribution in [0, 0.1) is 0 Å². The van der Waals surface area contributed by atoms with Crippen molar-refractivity contribution in [1.82, 2.24) is 4.90 Å². The molecule has 0 bridgehead atoms. The molecule has 0 unspecified atom stereocenters. The van der Waals surface area contributed by atoms with Gasteiger partial charge in [0.1, 0.15) is 5.75 Å². The molecule has 0 saturated heterocycles. The summed E-state index contributed by atoms with van der Waals surface area (Å²) in [6, 6.07) is 17.2. The number of ether oxygens (including phenoxy) is 2. The van der Waals surface area contributed by atoms with Crippen molar-refractivity contribution in [2.24, 2.45) is 0 Å². The Morgan fingerprint density at radius 3 is 2.32 bits per heavy atom. The topological polar surface area (TPSA) is 76.1 Å². The standard InChI is InChI=1S/C22H27NO5/c1-23(14-6-9-17-7-4-3-5-8-17)21(24)16-28-19-12-10-18(11-13-19)15-20(27-2)22(25)26/h3-5,7-8,10-13,20H,6,9,14-16H2,1-2H3,(H,25,26)/t20-/m0/s1. The number of hydrogen-bond donors (Lipinski definition) is 1. The molecule has 2 rings (SSSR count). The summed E-state index contributed by atoms with van der Waals surface area (Å²) in [6.45, 7) is 0.640. The lowest BCUT2D eigenvalue weighted by Crippen LogP contribution is -2.32. The number of amides is 1. The number of likely N-dealkylation sites (N-methyl/N-ethyl adjacent to an activating group) is 1. The van der Waals surface area contributed by atoms with Crippen molar-refractivity contribution in [3.05, 3.63) is 65.7 Å². The van der Waals surface area contributed by atoms with Crippen LogP contribution in [0.3, 0.4) is 0 Å². The highest BCUT2D eigenvalue weighted by Gasteiger charge is 2.16. The predicted molar refractivity (Wildman–Crippen MR) is 106 cm³/mol. The fourth-order valence-electron chi connectivity index (χ4n) is 2.75. The minimum absolute atomic E-state index is 0.0307. The Labute approximate surface area is 165 Å². The minimum atomic E-state index is -0.997. The molecule has 0 aliphatic rings. The molecule has 0 heterocycles. The molecular weight excluding hydrogens is 358 g/mol. The van der Waals surface area contributed by atoms with Gasteiger partial charge in [0.15, 0.2) is 12.7 Å². The van der Waals surface area contributed by atoms with Crippen LogP contribution in [0.2, 0.25) is 0 Å². The Morgan fingerprint density at radius 2 is 1.71 bits per heavy atom. The molecule has 6 heteroatoms. The number of benzene rings is 2. The van der Waals surface area contributed by atoms with Gasteiger partial charge in [-0.3, -0.25) is 4.79 Å². The number of carbonyl (C=O) groups excluding carboxylic acids is 1. The van der Waals surface area contributed by atoms with E-state index in [1.807, 2.05) is 18.2 Å². The summed E-state index contributed by atoms with van der Waals surface area (Å²) in [7, 11) is 3.15. The van der Waals surface area contributed by atoms with Gasteiger partial charge in [0, 0.05) is 27.1 Å². The molecule has 1 amide bonds. The SMILES string of the molecule is CO[C@@H](Cc1ccc(OCC(=O)N(C)CCCc2ccccc2)cc1)C(=O)O. The molecule has 150 valence electrons. The normalized spacial score (nSPS) is 11.6. The molecule has 0 spiro atoms. The van der Waals surface area contributed by atoms with Crippen molar-refractivity contribution in [2.45, 2.75) is 25.4 Å². The molecule has 0 aliphatic heterocycles. The Balaban J connectivity index is 1.73. The number of hydrogen-bond acceptors (Lipinski definition) is 4. The zero-order chi connectivity index (χ0) is 20.4. The van der Waals surface area contributed by atoms with E-state index in [-0.39, 0.29) is 18.9 Å². The van der Waals surface area contributed by atoms with Crippen molar-refractivity contribution in [1.29, 1.82) is 0 Å². The van der Waals surface area contributed by atoms with Crippen LogP contribution in [0.5, 0.6) is 5.75 Å². The van der Waals surface area contributed by atoms with Crippen molar-refractivity contribution >= 4 is 11.9 Å². The molecular formula is C22H27NO5. The number of carboxylic acids is 1. The maximum atomic E-state index is 12.2. The first-order valence-electron chi connectivity index (χ1n) is 9.25. The molecule has 1 N–H and O–H groups in total. The first kappa shape index (κ1) is 21.4. The quantitative estimate of drug-likeness (QED) is 0.644. The fourth-order valence-corrected chi connectivity index (χ4v) is 2.75. The van der Waals surface area contributed by atoms with Crippen molar-refractivity contribution in [3.8, 4) is 5.75 Å².